The zero-order chi connectivity index (χ0) is 12.1. The van der Waals surface area contributed by atoms with E-state index >= 15 is 0 Å². The molecule has 0 unspecified atom stereocenters. The Hall–Kier alpha value is -1.10. The Labute approximate surface area is 94.5 Å². The molecule has 94 valence electrons. The molecule has 0 aliphatic heterocycles. The van der Waals surface area contributed by atoms with Crippen molar-refractivity contribution in [2.24, 2.45) is 0 Å². The highest BCUT2D eigenvalue weighted by Crippen LogP contribution is 1.72. The van der Waals surface area contributed by atoms with Gasteiger partial charge in [0.05, 0.1) is 0 Å². The SMILES string of the molecule is CC.CCOCC(=O)NCCNC(C)=O.[HH].[HH]. The van der Waals surface area contributed by atoms with Gasteiger partial charge >= 0.3 is 0 Å². The van der Waals surface area contributed by atoms with E-state index in [0.717, 1.165) is 0 Å². The maximum atomic E-state index is 10.9. The average Bonchev–Trinajstić information content (AvgIpc) is 2.24. The van der Waals surface area contributed by atoms with Crippen LogP contribution in [-0.4, -0.2) is 38.1 Å². The molecule has 0 aliphatic carbocycles. The van der Waals surface area contributed by atoms with Crippen molar-refractivity contribution in [3.8, 4) is 0 Å². The maximum Gasteiger partial charge on any atom is 0.246 e. The number of rotatable bonds is 6. The van der Waals surface area contributed by atoms with Gasteiger partial charge in [0.2, 0.25) is 11.8 Å². The number of hydrogen-bond acceptors (Lipinski definition) is 3. The number of amides is 2. The minimum Gasteiger partial charge on any atom is -0.372 e. The van der Waals surface area contributed by atoms with Crippen LogP contribution in [0.5, 0.6) is 0 Å². The second kappa shape index (κ2) is 12.9. The summed E-state index contributed by atoms with van der Waals surface area (Å²) in [6, 6.07) is 0. The summed E-state index contributed by atoms with van der Waals surface area (Å²) in [5, 5.41) is 5.16. The van der Waals surface area contributed by atoms with Crippen molar-refractivity contribution in [3.63, 3.8) is 0 Å². The Morgan fingerprint density at radius 2 is 1.73 bits per heavy atom. The van der Waals surface area contributed by atoms with E-state index in [2.05, 4.69) is 10.6 Å². The van der Waals surface area contributed by atoms with E-state index in [1.54, 1.807) is 0 Å². The molecule has 0 aromatic carbocycles. The normalized spacial score (nSPS) is 8.53. The first-order chi connectivity index (χ1) is 7.16. The van der Waals surface area contributed by atoms with Crippen LogP contribution >= 0.6 is 0 Å². The summed E-state index contributed by atoms with van der Waals surface area (Å²) < 4.78 is 4.87. The van der Waals surface area contributed by atoms with Crippen LogP contribution in [0.4, 0.5) is 0 Å². The van der Waals surface area contributed by atoms with E-state index in [0.29, 0.717) is 19.7 Å². The third-order valence-electron chi connectivity index (χ3n) is 1.26. The average molecular weight is 222 g/mol. The van der Waals surface area contributed by atoms with Crippen molar-refractivity contribution < 1.29 is 17.2 Å². The second-order valence-corrected chi connectivity index (χ2v) is 2.47. The molecule has 0 heterocycles. The van der Waals surface area contributed by atoms with Crippen LogP contribution in [0.1, 0.15) is 30.5 Å². The van der Waals surface area contributed by atoms with Crippen molar-refractivity contribution in [1.82, 2.24) is 10.6 Å². The van der Waals surface area contributed by atoms with Gasteiger partial charge in [0, 0.05) is 29.5 Å². The standard InChI is InChI=1S/C8H16N2O3.C2H6.2H2/c1-3-13-6-8(12)10-5-4-9-7(2)11;1-2;;/h3-6H2,1-2H3,(H,9,11)(H,10,12);1-2H3;2*1H. The molecule has 5 nitrogen and oxygen atoms in total. The molecular weight excluding hydrogens is 196 g/mol. The number of carbonyl (C=O) groups is 2. The van der Waals surface area contributed by atoms with Crippen LogP contribution in [0.15, 0.2) is 0 Å². The molecule has 2 amide bonds. The predicted octanol–water partition coefficient (Wildman–Crippen LogP) is 0.793. The molecular formula is C10H26N2O3. The Bertz CT molecular complexity index is 181. The van der Waals surface area contributed by atoms with Gasteiger partial charge in [-0.3, -0.25) is 9.59 Å². The quantitative estimate of drug-likeness (QED) is 0.653. The summed E-state index contributed by atoms with van der Waals surface area (Å²) in [5.74, 6) is -0.258. The summed E-state index contributed by atoms with van der Waals surface area (Å²) >= 11 is 0. The van der Waals surface area contributed by atoms with Gasteiger partial charge in [0.1, 0.15) is 6.61 Å². The zero-order valence-corrected chi connectivity index (χ0v) is 10.1. The van der Waals surface area contributed by atoms with E-state index in [9.17, 15) is 9.59 Å². The van der Waals surface area contributed by atoms with E-state index in [1.807, 2.05) is 20.8 Å². The highest BCUT2D eigenvalue weighted by molar-refractivity contribution is 5.77. The predicted molar refractivity (Wildman–Crippen MR) is 63.8 cm³/mol. The summed E-state index contributed by atoms with van der Waals surface area (Å²) in [7, 11) is 0. The number of carbonyl (C=O) groups excluding carboxylic acids is 2. The first-order valence-electron chi connectivity index (χ1n) is 5.25. The van der Waals surface area contributed by atoms with E-state index in [-0.39, 0.29) is 21.3 Å². The van der Waals surface area contributed by atoms with Crippen LogP contribution in [0, 0.1) is 0 Å². The minimum atomic E-state index is -0.160. The summed E-state index contributed by atoms with van der Waals surface area (Å²) in [5.41, 5.74) is 0. The highest BCUT2D eigenvalue weighted by atomic mass is 16.5. The molecule has 15 heavy (non-hydrogen) atoms. The van der Waals surface area contributed by atoms with Crippen LogP contribution in [0.25, 0.3) is 0 Å². The molecule has 5 heteroatoms. The Balaban J connectivity index is -0.000000199. The van der Waals surface area contributed by atoms with Crippen molar-refractivity contribution in [2.75, 3.05) is 26.3 Å². The monoisotopic (exact) mass is 222 g/mol. The van der Waals surface area contributed by atoms with Gasteiger partial charge < -0.3 is 15.4 Å². The molecule has 0 fully saturated rings. The molecule has 0 aromatic heterocycles. The van der Waals surface area contributed by atoms with E-state index < -0.39 is 0 Å². The van der Waals surface area contributed by atoms with Gasteiger partial charge in [-0.25, -0.2) is 0 Å². The van der Waals surface area contributed by atoms with Crippen LogP contribution < -0.4 is 10.6 Å². The lowest BCUT2D eigenvalue weighted by Crippen LogP contribution is -2.35. The third kappa shape index (κ3) is 15.6. The number of ether oxygens (including phenoxy) is 1. The molecule has 2 N–H and O–H groups in total. The van der Waals surface area contributed by atoms with Gasteiger partial charge in [-0.05, 0) is 6.92 Å². The van der Waals surface area contributed by atoms with E-state index in [4.69, 9.17) is 4.74 Å². The summed E-state index contributed by atoms with van der Waals surface area (Å²) in [4.78, 5) is 21.3. The molecule has 0 saturated carbocycles. The molecule has 0 aromatic rings. The highest BCUT2D eigenvalue weighted by Gasteiger charge is 1.98. The van der Waals surface area contributed by atoms with E-state index in [1.165, 1.54) is 6.92 Å². The topological polar surface area (TPSA) is 67.4 Å². The zero-order valence-electron chi connectivity index (χ0n) is 10.1. The molecule has 0 saturated heterocycles. The van der Waals surface area contributed by atoms with Crippen molar-refractivity contribution in [2.45, 2.75) is 27.7 Å². The lowest BCUT2D eigenvalue weighted by Gasteiger charge is -2.05. The molecule has 0 rings (SSSR count). The van der Waals surface area contributed by atoms with Crippen molar-refractivity contribution in [3.05, 3.63) is 0 Å². The van der Waals surface area contributed by atoms with Gasteiger partial charge in [0.25, 0.3) is 0 Å². The fourth-order valence-corrected chi connectivity index (χ4v) is 0.686. The minimum absolute atomic E-state index is 0. The molecule has 0 atom stereocenters. The molecule has 0 bridgehead atoms. The first kappa shape index (κ1) is 16.3. The summed E-state index contributed by atoms with van der Waals surface area (Å²) in [6.07, 6.45) is 0. The number of hydrogen-bond donors (Lipinski definition) is 2. The Morgan fingerprint density at radius 3 is 2.20 bits per heavy atom. The Morgan fingerprint density at radius 1 is 1.20 bits per heavy atom. The first-order valence-corrected chi connectivity index (χ1v) is 5.25. The van der Waals surface area contributed by atoms with Gasteiger partial charge in [0.15, 0.2) is 0 Å². The fourth-order valence-electron chi connectivity index (χ4n) is 0.686. The number of nitrogens with one attached hydrogen (secondary N) is 2. The van der Waals surface area contributed by atoms with Gasteiger partial charge in [-0.15, -0.1) is 0 Å². The van der Waals surface area contributed by atoms with Gasteiger partial charge in [-0.2, -0.15) is 0 Å². The molecule has 0 aliphatic rings. The largest absolute Gasteiger partial charge is 0.372 e. The van der Waals surface area contributed by atoms with Crippen LogP contribution in [0.2, 0.25) is 0 Å². The third-order valence-corrected chi connectivity index (χ3v) is 1.26. The molecule has 0 spiro atoms. The van der Waals surface area contributed by atoms with Crippen molar-refractivity contribution >= 4 is 11.8 Å². The second-order valence-electron chi connectivity index (χ2n) is 2.47. The lowest BCUT2D eigenvalue weighted by molar-refractivity contribution is -0.125. The van der Waals surface area contributed by atoms with Crippen LogP contribution in [0.3, 0.4) is 0 Å². The fraction of sp³-hybridized carbons (Fsp3) is 0.800. The molecule has 0 radical (unpaired) electrons. The smallest absolute Gasteiger partial charge is 0.246 e. The summed E-state index contributed by atoms with van der Waals surface area (Å²) in [6.45, 7) is 8.75. The lowest BCUT2D eigenvalue weighted by atomic mass is 10.5. The van der Waals surface area contributed by atoms with Crippen molar-refractivity contribution in [1.29, 1.82) is 0 Å². The maximum absolute atomic E-state index is 10.9. The Kier molecular flexibility index (Phi) is 14.0. The van der Waals surface area contributed by atoms with Gasteiger partial charge in [-0.1, -0.05) is 13.8 Å². The van der Waals surface area contributed by atoms with Crippen LogP contribution in [-0.2, 0) is 14.3 Å².